The number of ether oxygens (including phenoxy) is 2. The number of rotatable bonds is 4. The Kier molecular flexibility index (Phi) is 8.11. The van der Waals surface area contributed by atoms with E-state index in [1.807, 2.05) is 0 Å². The number of carbonyl (C=O) groups is 1. The molecule has 0 heterocycles. The predicted octanol–water partition coefficient (Wildman–Crippen LogP) is 9.12. The number of aromatic hydroxyl groups is 1. The van der Waals surface area contributed by atoms with Crippen LogP contribution in [0.2, 0.25) is 0 Å². The highest BCUT2D eigenvalue weighted by Gasteiger charge is 2.63. The fourth-order valence-corrected chi connectivity index (χ4v) is 12.3. The van der Waals surface area contributed by atoms with E-state index in [2.05, 4.69) is 54.5 Å². The Labute approximate surface area is 271 Å². The molecule has 0 radical (unpaired) electrons. The molecule has 5 nitrogen and oxygen atoms in total. The molecule has 4 saturated carbocycles. The van der Waals surface area contributed by atoms with Crippen LogP contribution in [0.25, 0.3) is 6.08 Å². The molecule has 9 atom stereocenters. The molecule has 5 heteroatoms. The lowest BCUT2D eigenvalue weighted by Gasteiger charge is -2.63. The molecule has 1 aromatic carbocycles. The van der Waals surface area contributed by atoms with E-state index in [-0.39, 0.29) is 51.0 Å². The second kappa shape index (κ2) is 11.2. The fraction of sp³-hybridized carbons (Fsp3) is 0.725. The van der Waals surface area contributed by atoms with Crippen molar-refractivity contribution in [3.05, 3.63) is 41.5 Å². The first-order valence-electron chi connectivity index (χ1n) is 17.7. The zero-order valence-corrected chi connectivity index (χ0v) is 29.1. The van der Waals surface area contributed by atoms with Crippen LogP contribution in [0.3, 0.4) is 0 Å². The standard InChI is InChI=1S/C40H58O5/c1-36(2)30-14-11-26-24-38(5)20-17-31-37(3,4)34(45-35(43)16-10-25-9-13-28(41)29(23-25)44-8)19-22-40(31,7)32(38)15-12-27(26)39(30,6)21-18-33(36)42/h9-10,13,16,23-24,27,30-34,41-42H,11-12,14-15,17-22H2,1-8H3. The summed E-state index contributed by atoms with van der Waals surface area (Å²) in [4.78, 5) is 13.1. The second-order valence-corrected chi connectivity index (χ2v) is 17.5. The summed E-state index contributed by atoms with van der Waals surface area (Å²) in [5.41, 5.74) is 3.03. The largest absolute Gasteiger partial charge is 0.504 e. The molecule has 9 unspecified atom stereocenters. The quantitative estimate of drug-likeness (QED) is 0.200. The number of phenolic OH excluding ortho intramolecular Hbond substituents is 1. The molecule has 5 aliphatic carbocycles. The maximum absolute atomic E-state index is 13.1. The van der Waals surface area contributed by atoms with Crippen molar-refractivity contribution in [3.63, 3.8) is 0 Å². The number of aliphatic hydroxyl groups is 1. The topological polar surface area (TPSA) is 76.0 Å². The van der Waals surface area contributed by atoms with E-state index in [4.69, 9.17) is 9.47 Å². The van der Waals surface area contributed by atoms with Gasteiger partial charge in [0.05, 0.1) is 13.2 Å². The van der Waals surface area contributed by atoms with E-state index in [0.717, 1.165) is 31.2 Å². The number of carbonyl (C=O) groups excluding carboxylic acids is 1. The summed E-state index contributed by atoms with van der Waals surface area (Å²) in [6, 6.07) is 5.04. The number of esters is 1. The fourth-order valence-electron chi connectivity index (χ4n) is 12.3. The Balaban J connectivity index is 1.20. The third kappa shape index (κ3) is 5.18. The minimum atomic E-state index is -0.309. The molecular formula is C40H58O5. The van der Waals surface area contributed by atoms with Crippen LogP contribution in [0.4, 0.5) is 0 Å². The van der Waals surface area contributed by atoms with Gasteiger partial charge >= 0.3 is 5.97 Å². The summed E-state index contributed by atoms with van der Waals surface area (Å²) >= 11 is 0. The maximum Gasteiger partial charge on any atom is 0.331 e. The van der Waals surface area contributed by atoms with Crippen molar-refractivity contribution < 1.29 is 24.5 Å². The molecule has 0 spiro atoms. The first kappa shape index (κ1) is 32.7. The van der Waals surface area contributed by atoms with Gasteiger partial charge in [-0.3, -0.25) is 0 Å². The zero-order valence-electron chi connectivity index (χ0n) is 29.1. The van der Waals surface area contributed by atoms with Gasteiger partial charge in [-0.1, -0.05) is 66.2 Å². The monoisotopic (exact) mass is 618 g/mol. The Bertz CT molecular complexity index is 1370. The molecule has 4 fully saturated rings. The summed E-state index contributed by atoms with van der Waals surface area (Å²) in [5.74, 6) is 2.45. The number of aliphatic hydroxyl groups excluding tert-OH is 1. The van der Waals surface area contributed by atoms with Gasteiger partial charge in [0.2, 0.25) is 0 Å². The van der Waals surface area contributed by atoms with Crippen molar-refractivity contribution in [2.24, 2.45) is 50.7 Å². The van der Waals surface area contributed by atoms with Crippen molar-refractivity contribution in [3.8, 4) is 11.5 Å². The van der Waals surface area contributed by atoms with Gasteiger partial charge in [0.25, 0.3) is 0 Å². The highest BCUT2D eigenvalue weighted by molar-refractivity contribution is 5.87. The summed E-state index contributed by atoms with van der Waals surface area (Å²) in [6.45, 7) is 17.1. The lowest BCUT2D eigenvalue weighted by Crippen LogP contribution is -2.58. The Morgan fingerprint density at radius 1 is 0.844 bits per heavy atom. The Morgan fingerprint density at radius 3 is 2.29 bits per heavy atom. The molecule has 0 aliphatic heterocycles. The smallest absolute Gasteiger partial charge is 0.331 e. The van der Waals surface area contributed by atoms with E-state index >= 15 is 0 Å². The predicted molar refractivity (Wildman–Crippen MR) is 180 cm³/mol. The van der Waals surface area contributed by atoms with Gasteiger partial charge in [-0.25, -0.2) is 4.79 Å². The Hall–Kier alpha value is -2.27. The number of fused-ring (bicyclic) bond motifs is 6. The highest BCUT2D eigenvalue weighted by atomic mass is 16.5. The van der Waals surface area contributed by atoms with Crippen LogP contribution < -0.4 is 4.74 Å². The summed E-state index contributed by atoms with van der Waals surface area (Å²) in [5, 5.41) is 20.9. The number of hydrogen-bond acceptors (Lipinski definition) is 5. The zero-order chi connectivity index (χ0) is 32.6. The molecule has 6 rings (SSSR count). The van der Waals surface area contributed by atoms with Gasteiger partial charge in [0.15, 0.2) is 11.5 Å². The van der Waals surface area contributed by atoms with E-state index < -0.39 is 0 Å². The molecule has 248 valence electrons. The highest BCUT2D eigenvalue weighted by Crippen LogP contribution is 2.69. The second-order valence-electron chi connectivity index (χ2n) is 17.5. The van der Waals surface area contributed by atoms with Crippen LogP contribution in [0.15, 0.2) is 35.9 Å². The molecule has 2 N–H and O–H groups in total. The molecule has 0 saturated heterocycles. The summed E-state index contributed by atoms with van der Waals surface area (Å²) in [6.07, 6.45) is 17.1. The lowest BCUT2D eigenvalue weighted by atomic mass is 9.42. The van der Waals surface area contributed by atoms with E-state index in [9.17, 15) is 15.0 Å². The number of allylic oxidation sites excluding steroid dienone is 2. The van der Waals surface area contributed by atoms with Gasteiger partial charge in [-0.15, -0.1) is 0 Å². The van der Waals surface area contributed by atoms with E-state index in [1.54, 1.807) is 29.8 Å². The molecule has 0 aromatic heterocycles. The van der Waals surface area contributed by atoms with Crippen molar-refractivity contribution in [2.45, 2.75) is 125 Å². The van der Waals surface area contributed by atoms with Gasteiger partial charge < -0.3 is 19.7 Å². The third-order valence-corrected chi connectivity index (χ3v) is 14.6. The molecular weight excluding hydrogens is 560 g/mol. The van der Waals surface area contributed by atoms with Crippen molar-refractivity contribution in [1.82, 2.24) is 0 Å². The molecule has 0 bridgehead atoms. The van der Waals surface area contributed by atoms with Gasteiger partial charge in [-0.2, -0.15) is 0 Å². The Morgan fingerprint density at radius 2 is 1.56 bits per heavy atom. The van der Waals surface area contributed by atoms with E-state index in [0.29, 0.717) is 29.4 Å². The van der Waals surface area contributed by atoms with Gasteiger partial charge in [0, 0.05) is 11.5 Å². The number of methoxy groups -OCH3 is 1. The van der Waals surface area contributed by atoms with Crippen LogP contribution in [-0.4, -0.2) is 35.5 Å². The van der Waals surface area contributed by atoms with Crippen LogP contribution in [0.5, 0.6) is 11.5 Å². The first-order valence-corrected chi connectivity index (χ1v) is 17.7. The molecule has 5 aliphatic rings. The van der Waals surface area contributed by atoms with E-state index in [1.165, 1.54) is 51.7 Å². The van der Waals surface area contributed by atoms with Crippen LogP contribution in [0.1, 0.15) is 118 Å². The normalized spacial score (nSPS) is 41.8. The first-order chi connectivity index (χ1) is 21.1. The van der Waals surface area contributed by atoms with Crippen LogP contribution in [-0.2, 0) is 9.53 Å². The van der Waals surface area contributed by atoms with Crippen molar-refractivity contribution >= 4 is 12.0 Å². The summed E-state index contributed by atoms with van der Waals surface area (Å²) in [7, 11) is 1.52. The SMILES string of the molecule is COc1cc(C=CC(=O)OC2CCC3(C)C4CCC5C(=CC4(C)CCC3C2(C)C)CCC2C(C)(C)C(O)CCC52C)ccc1O. The van der Waals surface area contributed by atoms with Crippen LogP contribution in [0, 0.1) is 50.7 Å². The van der Waals surface area contributed by atoms with Crippen LogP contribution >= 0.6 is 0 Å². The lowest BCUT2D eigenvalue weighted by molar-refractivity contribution is -0.186. The summed E-state index contributed by atoms with van der Waals surface area (Å²) < 4.78 is 11.4. The third-order valence-electron chi connectivity index (χ3n) is 14.6. The van der Waals surface area contributed by atoms with Crippen molar-refractivity contribution in [2.75, 3.05) is 7.11 Å². The van der Waals surface area contributed by atoms with Crippen molar-refractivity contribution in [1.29, 1.82) is 0 Å². The molecule has 1 aromatic rings. The number of benzene rings is 1. The average Bonchev–Trinajstić information content (AvgIpc) is 3.13. The maximum atomic E-state index is 13.1. The minimum Gasteiger partial charge on any atom is -0.504 e. The number of phenols is 1. The average molecular weight is 619 g/mol. The van der Waals surface area contributed by atoms with Gasteiger partial charge in [0.1, 0.15) is 6.10 Å². The van der Waals surface area contributed by atoms with Gasteiger partial charge in [-0.05, 0) is 133 Å². The molecule has 45 heavy (non-hydrogen) atoms. The molecule has 0 amide bonds. The number of hydrogen-bond donors (Lipinski definition) is 2. The minimum absolute atomic E-state index is 0.0233.